The number of nitrogens with one attached hydrogen (secondary N) is 1. The summed E-state index contributed by atoms with van der Waals surface area (Å²) in [6, 6.07) is 1.62. The van der Waals surface area contributed by atoms with E-state index in [0.717, 1.165) is 13.1 Å². The van der Waals surface area contributed by atoms with Gasteiger partial charge in [0.05, 0.1) is 18.3 Å². The number of rotatable bonds is 4. The smallest absolute Gasteiger partial charge is 0.322 e. The number of hydrogen-bond donors (Lipinski definition) is 1. The van der Waals surface area contributed by atoms with Crippen LogP contribution in [-0.4, -0.2) is 62.7 Å². The number of nitriles is 1. The quantitative estimate of drug-likeness (QED) is 0.799. The van der Waals surface area contributed by atoms with E-state index in [2.05, 4.69) is 15.3 Å². The van der Waals surface area contributed by atoms with Crippen molar-refractivity contribution in [2.24, 2.45) is 0 Å². The van der Waals surface area contributed by atoms with Gasteiger partial charge in [-0.2, -0.15) is 10.4 Å². The molecule has 3 rings (SSSR count). The van der Waals surface area contributed by atoms with E-state index in [1.165, 1.54) is 11.1 Å². The molecule has 2 saturated heterocycles. The molecule has 0 aromatic carbocycles. The van der Waals surface area contributed by atoms with Gasteiger partial charge in [0.1, 0.15) is 11.6 Å². The first-order valence-electron chi connectivity index (χ1n) is 7.76. The van der Waals surface area contributed by atoms with Gasteiger partial charge in [-0.3, -0.25) is 19.3 Å². The van der Waals surface area contributed by atoms with Crippen molar-refractivity contribution < 1.29 is 9.59 Å². The van der Waals surface area contributed by atoms with Gasteiger partial charge in [0.2, 0.25) is 0 Å². The normalized spacial score (nSPS) is 24.7. The summed E-state index contributed by atoms with van der Waals surface area (Å²) in [4.78, 5) is 28.1. The van der Waals surface area contributed by atoms with Crippen molar-refractivity contribution in [3.05, 3.63) is 18.0 Å². The van der Waals surface area contributed by atoms with E-state index < -0.39 is 5.54 Å². The van der Waals surface area contributed by atoms with Crippen molar-refractivity contribution in [3.8, 4) is 6.07 Å². The second kappa shape index (κ2) is 5.66. The molecule has 122 valence electrons. The molecular formula is C15H20N6O2. The van der Waals surface area contributed by atoms with Crippen LogP contribution in [0, 0.1) is 11.3 Å². The lowest BCUT2D eigenvalue weighted by Crippen LogP contribution is -2.49. The molecule has 8 nitrogen and oxygen atoms in total. The highest BCUT2D eigenvalue weighted by molar-refractivity contribution is 6.07. The summed E-state index contributed by atoms with van der Waals surface area (Å²) in [7, 11) is 0. The Hall–Kier alpha value is -2.40. The van der Waals surface area contributed by atoms with E-state index in [9.17, 15) is 9.59 Å². The molecule has 1 N–H and O–H groups in total. The van der Waals surface area contributed by atoms with Crippen molar-refractivity contribution in [1.29, 1.82) is 5.26 Å². The number of imide groups is 1. The third kappa shape index (κ3) is 2.68. The summed E-state index contributed by atoms with van der Waals surface area (Å²) in [5, 5.41) is 15.8. The van der Waals surface area contributed by atoms with Gasteiger partial charge in [-0.05, 0) is 20.3 Å². The van der Waals surface area contributed by atoms with E-state index in [0.29, 0.717) is 25.1 Å². The molecule has 3 heterocycles. The molecule has 1 aromatic rings. The highest BCUT2D eigenvalue weighted by atomic mass is 16.2. The Bertz CT molecular complexity index is 676. The number of aromatic nitrogens is 2. The molecule has 1 spiro atoms. The molecule has 0 aliphatic carbocycles. The minimum absolute atomic E-state index is 0.120. The van der Waals surface area contributed by atoms with Crippen LogP contribution in [0.3, 0.4) is 0 Å². The molecule has 0 saturated carbocycles. The first-order chi connectivity index (χ1) is 10.9. The van der Waals surface area contributed by atoms with E-state index in [4.69, 9.17) is 5.26 Å². The highest BCUT2D eigenvalue weighted by Gasteiger charge is 2.55. The molecule has 0 radical (unpaired) electrons. The lowest BCUT2D eigenvalue weighted by molar-refractivity contribution is -0.132. The zero-order valence-electron chi connectivity index (χ0n) is 13.3. The van der Waals surface area contributed by atoms with Crippen molar-refractivity contribution in [2.45, 2.75) is 38.4 Å². The molecule has 23 heavy (non-hydrogen) atoms. The van der Waals surface area contributed by atoms with E-state index in [-0.39, 0.29) is 18.0 Å². The first-order valence-corrected chi connectivity index (χ1v) is 7.76. The maximum Gasteiger partial charge on any atom is 0.325 e. The third-order valence-electron chi connectivity index (χ3n) is 4.47. The van der Waals surface area contributed by atoms with Crippen LogP contribution in [0.5, 0.6) is 0 Å². The third-order valence-corrected chi connectivity index (χ3v) is 4.47. The zero-order valence-corrected chi connectivity index (χ0v) is 13.3. The SMILES string of the molecule is CC(C)N1C(=O)NC2(CCN(CCn3cc(C#N)cn3)C2)C1=O. The second-order valence-electron chi connectivity index (χ2n) is 6.41. The number of carbonyl (C=O) groups excluding carboxylic acids is 2. The fourth-order valence-electron chi connectivity index (χ4n) is 3.25. The standard InChI is InChI=1S/C15H20N6O2/c1-11(2)21-13(22)15(18-14(21)23)3-4-19(10-15)5-6-20-9-12(7-16)8-17-20/h8-9,11H,3-6,10H2,1-2H3,(H,18,23). The van der Waals surface area contributed by atoms with Crippen LogP contribution in [0.15, 0.2) is 12.4 Å². The van der Waals surface area contributed by atoms with Crippen molar-refractivity contribution in [2.75, 3.05) is 19.6 Å². The molecule has 1 aromatic heterocycles. The number of likely N-dealkylation sites (tertiary alicyclic amines) is 1. The fourth-order valence-corrected chi connectivity index (χ4v) is 3.25. The molecule has 0 bridgehead atoms. The van der Waals surface area contributed by atoms with Gasteiger partial charge >= 0.3 is 6.03 Å². The van der Waals surface area contributed by atoms with Gasteiger partial charge in [-0.25, -0.2) is 4.79 Å². The van der Waals surface area contributed by atoms with Gasteiger partial charge in [0, 0.05) is 31.9 Å². The van der Waals surface area contributed by atoms with Crippen LogP contribution in [0.4, 0.5) is 4.79 Å². The van der Waals surface area contributed by atoms with E-state index in [1.54, 1.807) is 10.9 Å². The van der Waals surface area contributed by atoms with Gasteiger partial charge in [-0.1, -0.05) is 0 Å². The molecule has 1 atom stereocenters. The first kappa shape index (κ1) is 15.5. The molecule has 8 heteroatoms. The minimum atomic E-state index is -0.775. The fraction of sp³-hybridized carbons (Fsp3) is 0.600. The van der Waals surface area contributed by atoms with Crippen LogP contribution < -0.4 is 5.32 Å². The predicted molar refractivity (Wildman–Crippen MR) is 81.2 cm³/mol. The van der Waals surface area contributed by atoms with E-state index in [1.807, 2.05) is 19.9 Å². The predicted octanol–water partition coefficient (Wildman–Crippen LogP) is 0.159. The summed E-state index contributed by atoms with van der Waals surface area (Å²) in [6.07, 6.45) is 3.87. The van der Waals surface area contributed by atoms with Gasteiger partial charge in [0.15, 0.2) is 0 Å². The number of amides is 3. The van der Waals surface area contributed by atoms with Gasteiger partial charge in [-0.15, -0.1) is 0 Å². The number of hydrogen-bond acceptors (Lipinski definition) is 5. The van der Waals surface area contributed by atoms with Crippen LogP contribution >= 0.6 is 0 Å². The lowest BCUT2D eigenvalue weighted by Gasteiger charge is -2.23. The van der Waals surface area contributed by atoms with Crippen LogP contribution in [0.1, 0.15) is 25.8 Å². The topological polar surface area (TPSA) is 94.3 Å². The maximum absolute atomic E-state index is 12.6. The Labute approximate surface area is 134 Å². The van der Waals surface area contributed by atoms with Crippen molar-refractivity contribution in [3.63, 3.8) is 0 Å². The molecule has 2 aliphatic rings. The maximum atomic E-state index is 12.6. The number of urea groups is 1. The summed E-state index contributed by atoms with van der Waals surface area (Å²) in [5.41, 5.74) is -0.239. The molecule has 2 aliphatic heterocycles. The van der Waals surface area contributed by atoms with Crippen LogP contribution in [0.25, 0.3) is 0 Å². The monoisotopic (exact) mass is 316 g/mol. The molecular weight excluding hydrogens is 296 g/mol. The summed E-state index contributed by atoms with van der Waals surface area (Å²) in [5.74, 6) is -0.120. The Morgan fingerprint density at radius 1 is 1.43 bits per heavy atom. The number of carbonyl (C=O) groups is 2. The van der Waals surface area contributed by atoms with Gasteiger partial charge in [0.25, 0.3) is 5.91 Å². The Balaban J connectivity index is 1.61. The largest absolute Gasteiger partial charge is 0.325 e. The Kier molecular flexibility index (Phi) is 3.82. The average molecular weight is 316 g/mol. The van der Waals surface area contributed by atoms with Crippen LogP contribution in [-0.2, 0) is 11.3 Å². The summed E-state index contributed by atoms with van der Waals surface area (Å²) >= 11 is 0. The lowest BCUT2D eigenvalue weighted by atomic mass is 9.99. The molecule has 2 fully saturated rings. The highest BCUT2D eigenvalue weighted by Crippen LogP contribution is 2.29. The van der Waals surface area contributed by atoms with Gasteiger partial charge < -0.3 is 5.32 Å². The second-order valence-corrected chi connectivity index (χ2v) is 6.41. The van der Waals surface area contributed by atoms with Crippen molar-refractivity contribution >= 4 is 11.9 Å². The molecule has 1 unspecified atom stereocenters. The molecule has 3 amide bonds. The average Bonchev–Trinajstić information content (AvgIpc) is 3.17. The summed E-state index contributed by atoms with van der Waals surface area (Å²) < 4.78 is 1.72. The number of nitrogens with zero attached hydrogens (tertiary/aromatic N) is 5. The van der Waals surface area contributed by atoms with Crippen molar-refractivity contribution in [1.82, 2.24) is 24.9 Å². The Morgan fingerprint density at radius 3 is 2.83 bits per heavy atom. The van der Waals surface area contributed by atoms with E-state index >= 15 is 0 Å². The van der Waals surface area contributed by atoms with Crippen LogP contribution in [0.2, 0.25) is 0 Å². The Morgan fingerprint density at radius 2 is 2.22 bits per heavy atom. The zero-order chi connectivity index (χ0) is 16.6. The minimum Gasteiger partial charge on any atom is -0.322 e. The summed E-state index contributed by atoms with van der Waals surface area (Å²) in [6.45, 7) is 6.33.